The number of hydrogen-bond donors (Lipinski definition) is 0. The van der Waals surface area contributed by atoms with Crippen molar-refractivity contribution in [3.8, 4) is 0 Å². The van der Waals surface area contributed by atoms with E-state index in [-0.39, 0.29) is 5.56 Å². The Labute approximate surface area is 163 Å². The molecule has 142 valence electrons. The Bertz CT molecular complexity index is 969. The van der Waals surface area contributed by atoms with Crippen LogP contribution in [0.2, 0.25) is 0 Å². The van der Waals surface area contributed by atoms with E-state index in [1.54, 1.807) is 12.3 Å². The van der Waals surface area contributed by atoms with E-state index >= 15 is 0 Å². The summed E-state index contributed by atoms with van der Waals surface area (Å²) >= 11 is 6.29. The van der Waals surface area contributed by atoms with E-state index in [1.807, 2.05) is 31.5 Å². The third kappa shape index (κ3) is 3.77. The molecule has 0 aliphatic heterocycles. The maximum absolute atomic E-state index is 14.8. The van der Waals surface area contributed by atoms with E-state index in [0.29, 0.717) is 29.0 Å². The van der Waals surface area contributed by atoms with Crippen LogP contribution >= 0.6 is 11.6 Å². The number of aryl methyl sites for hydroxylation is 2. The summed E-state index contributed by atoms with van der Waals surface area (Å²) in [5, 5.41) is 0.495. The minimum absolute atomic E-state index is 0.269. The number of aromatic nitrogens is 1. The molecule has 1 heterocycles. The summed E-state index contributed by atoms with van der Waals surface area (Å²) in [5.74, 6) is -2.26. The number of halogens is 3. The van der Waals surface area contributed by atoms with Gasteiger partial charge in [0.05, 0.1) is 5.56 Å². The lowest BCUT2D eigenvalue weighted by Gasteiger charge is -2.11. The Morgan fingerprint density at radius 1 is 1.22 bits per heavy atom. The lowest BCUT2D eigenvalue weighted by Crippen LogP contribution is -2.10. The van der Waals surface area contributed by atoms with Crippen molar-refractivity contribution < 1.29 is 13.6 Å². The van der Waals surface area contributed by atoms with Crippen molar-refractivity contribution >= 4 is 23.5 Å². The fourth-order valence-corrected chi connectivity index (χ4v) is 3.84. The first-order valence-electron chi connectivity index (χ1n) is 9.07. The molecule has 2 aromatic rings. The highest BCUT2D eigenvalue weighted by Crippen LogP contribution is 2.30. The molecule has 0 saturated carbocycles. The Balaban J connectivity index is 2.16. The second kappa shape index (κ2) is 7.81. The third-order valence-electron chi connectivity index (χ3n) is 4.93. The lowest BCUT2D eigenvalue weighted by molar-refractivity contribution is 0.103. The van der Waals surface area contributed by atoms with Gasteiger partial charge >= 0.3 is 0 Å². The maximum atomic E-state index is 14.8. The van der Waals surface area contributed by atoms with E-state index in [4.69, 9.17) is 11.6 Å². The highest BCUT2D eigenvalue weighted by Gasteiger charge is 2.26. The van der Waals surface area contributed by atoms with Crippen molar-refractivity contribution in [2.24, 2.45) is 7.05 Å². The van der Waals surface area contributed by atoms with Gasteiger partial charge in [0.15, 0.2) is 0 Å². The minimum Gasteiger partial charge on any atom is -0.353 e. The van der Waals surface area contributed by atoms with Crippen molar-refractivity contribution in [3.05, 3.63) is 74.6 Å². The van der Waals surface area contributed by atoms with Crippen molar-refractivity contribution in [1.82, 2.24) is 4.57 Å². The predicted octanol–water partition coefficient (Wildman–Crippen LogP) is 5.96. The van der Waals surface area contributed by atoms with E-state index in [9.17, 15) is 13.6 Å². The number of fused-ring (bicyclic) bond motifs is 1. The predicted molar refractivity (Wildman–Crippen MR) is 105 cm³/mol. The average Bonchev–Trinajstić information content (AvgIpc) is 2.89. The van der Waals surface area contributed by atoms with Crippen LogP contribution in [0.1, 0.15) is 59.4 Å². The summed E-state index contributed by atoms with van der Waals surface area (Å²) in [6.45, 7) is 3.91. The number of ketones is 1. The van der Waals surface area contributed by atoms with Crippen LogP contribution in [-0.4, -0.2) is 10.4 Å². The van der Waals surface area contributed by atoms with Crippen molar-refractivity contribution in [1.29, 1.82) is 0 Å². The Morgan fingerprint density at radius 2 is 1.96 bits per heavy atom. The van der Waals surface area contributed by atoms with Gasteiger partial charge in [-0.2, -0.15) is 0 Å². The van der Waals surface area contributed by atoms with Crippen LogP contribution in [0.25, 0.3) is 6.08 Å². The summed E-state index contributed by atoms with van der Waals surface area (Å²) in [6, 6.07) is 2.58. The molecule has 0 radical (unpaired) electrons. The number of nitrogens with zero attached hydrogens (tertiary/aromatic N) is 1. The number of carbonyl (C=O) groups excluding carboxylic acids is 1. The molecule has 0 N–H and O–H groups in total. The molecule has 2 nitrogen and oxygen atoms in total. The van der Waals surface area contributed by atoms with Gasteiger partial charge in [0, 0.05) is 35.1 Å². The fraction of sp³-hybridized carbons (Fsp3) is 0.318. The molecule has 0 saturated heterocycles. The van der Waals surface area contributed by atoms with Gasteiger partial charge in [-0.3, -0.25) is 4.79 Å². The molecule has 1 aromatic heterocycles. The molecule has 1 aliphatic rings. The number of allylic oxidation sites excluding steroid dienone is 3. The molecule has 0 unspecified atom stereocenters. The SMILES string of the molecule is CCCc1ccc(F)c(C(=O)c2cn(C)c3c2C=C(Cl)C=C(C)CC3)c1F. The van der Waals surface area contributed by atoms with Gasteiger partial charge < -0.3 is 4.57 Å². The first-order valence-corrected chi connectivity index (χ1v) is 9.45. The molecule has 1 aromatic carbocycles. The molecule has 0 bridgehead atoms. The minimum atomic E-state index is -0.841. The Hall–Kier alpha value is -2.20. The van der Waals surface area contributed by atoms with Crippen LogP contribution in [-0.2, 0) is 19.9 Å². The Morgan fingerprint density at radius 3 is 2.67 bits per heavy atom. The molecule has 0 spiro atoms. The number of benzene rings is 1. The van der Waals surface area contributed by atoms with Gasteiger partial charge in [0.1, 0.15) is 11.6 Å². The molecule has 0 atom stereocenters. The monoisotopic (exact) mass is 389 g/mol. The molecule has 0 fully saturated rings. The number of carbonyl (C=O) groups is 1. The topological polar surface area (TPSA) is 22.0 Å². The smallest absolute Gasteiger partial charge is 0.201 e. The molecule has 1 aliphatic carbocycles. The van der Waals surface area contributed by atoms with Crippen LogP contribution in [0, 0.1) is 11.6 Å². The summed E-state index contributed by atoms with van der Waals surface area (Å²) in [5.41, 5.74) is 2.83. The van der Waals surface area contributed by atoms with Crippen LogP contribution in [0.5, 0.6) is 0 Å². The van der Waals surface area contributed by atoms with Gasteiger partial charge in [-0.1, -0.05) is 36.6 Å². The van der Waals surface area contributed by atoms with Gasteiger partial charge in [0.2, 0.25) is 5.78 Å². The fourth-order valence-electron chi connectivity index (χ4n) is 3.54. The third-order valence-corrected chi connectivity index (χ3v) is 5.15. The quantitative estimate of drug-likeness (QED) is 0.591. The highest BCUT2D eigenvalue weighted by molar-refractivity contribution is 6.33. The van der Waals surface area contributed by atoms with Crippen molar-refractivity contribution in [2.45, 2.75) is 39.5 Å². The molecular formula is C22H22ClF2NO. The summed E-state index contributed by atoms with van der Waals surface area (Å²) in [7, 11) is 1.83. The zero-order valence-electron chi connectivity index (χ0n) is 15.7. The van der Waals surface area contributed by atoms with Gasteiger partial charge in [-0.25, -0.2) is 8.78 Å². The van der Waals surface area contributed by atoms with Crippen LogP contribution in [0.15, 0.2) is 35.0 Å². The zero-order chi connectivity index (χ0) is 19.7. The molecule has 5 heteroatoms. The van der Waals surface area contributed by atoms with Gasteiger partial charge in [-0.15, -0.1) is 0 Å². The highest BCUT2D eigenvalue weighted by atomic mass is 35.5. The summed E-state index contributed by atoms with van der Waals surface area (Å²) < 4.78 is 31.1. The normalized spacial score (nSPS) is 14.1. The Kier molecular flexibility index (Phi) is 5.66. The van der Waals surface area contributed by atoms with Gasteiger partial charge in [-0.05, 0) is 50.0 Å². The van der Waals surface area contributed by atoms with E-state index in [2.05, 4.69) is 0 Å². The number of rotatable bonds is 4. The standard InChI is InChI=1S/C22H22ClF2NO/c1-4-5-14-7-8-18(24)20(21(14)25)22(27)17-12-26(3)19-9-6-13(2)10-15(23)11-16(17)19/h7-8,10-12H,4-6,9H2,1-3H3. The van der Waals surface area contributed by atoms with Crippen LogP contribution < -0.4 is 0 Å². The molecule has 0 amide bonds. The van der Waals surface area contributed by atoms with Gasteiger partial charge in [0.25, 0.3) is 0 Å². The van der Waals surface area contributed by atoms with E-state index < -0.39 is 23.0 Å². The maximum Gasteiger partial charge on any atom is 0.201 e. The molecule has 3 rings (SSSR count). The number of hydrogen-bond acceptors (Lipinski definition) is 1. The first kappa shape index (κ1) is 19.6. The largest absolute Gasteiger partial charge is 0.353 e. The first-order chi connectivity index (χ1) is 12.8. The van der Waals surface area contributed by atoms with E-state index in [0.717, 1.165) is 24.1 Å². The second-order valence-corrected chi connectivity index (χ2v) is 7.45. The van der Waals surface area contributed by atoms with Crippen LogP contribution in [0.4, 0.5) is 8.78 Å². The molecular weight excluding hydrogens is 368 g/mol. The molecule has 27 heavy (non-hydrogen) atoms. The van der Waals surface area contributed by atoms with E-state index in [1.165, 1.54) is 12.1 Å². The second-order valence-electron chi connectivity index (χ2n) is 7.01. The summed E-state index contributed by atoms with van der Waals surface area (Å²) in [6.07, 6.45) is 7.89. The average molecular weight is 390 g/mol. The lowest BCUT2D eigenvalue weighted by atomic mass is 9.95. The van der Waals surface area contributed by atoms with Crippen LogP contribution in [0.3, 0.4) is 0 Å². The van der Waals surface area contributed by atoms with Crippen molar-refractivity contribution in [3.63, 3.8) is 0 Å². The summed E-state index contributed by atoms with van der Waals surface area (Å²) in [4.78, 5) is 13.1. The zero-order valence-corrected chi connectivity index (χ0v) is 16.5. The van der Waals surface area contributed by atoms with Crippen molar-refractivity contribution in [2.75, 3.05) is 0 Å².